The number of aryl methyl sites for hydroxylation is 2. The molecule has 3 aromatic rings. The van der Waals surface area contributed by atoms with E-state index < -0.39 is 0 Å². The van der Waals surface area contributed by atoms with Crippen LogP contribution in [0.3, 0.4) is 0 Å². The van der Waals surface area contributed by atoms with Crippen LogP contribution in [-0.4, -0.2) is 38.3 Å². The molecule has 0 spiro atoms. The molecule has 5 nitrogen and oxygen atoms in total. The van der Waals surface area contributed by atoms with Gasteiger partial charge in [-0.25, -0.2) is 15.0 Å². The fourth-order valence-corrected chi connectivity index (χ4v) is 3.89. The average Bonchev–Trinajstić information content (AvgIpc) is 2.72. The number of hydrogen-bond donors (Lipinski definition) is 0. The van der Waals surface area contributed by atoms with Gasteiger partial charge in [0, 0.05) is 42.4 Å². The van der Waals surface area contributed by atoms with Crippen LogP contribution < -0.4 is 0 Å². The number of hydrogen-bond acceptors (Lipinski definition) is 4. The van der Waals surface area contributed by atoms with E-state index in [1.54, 1.807) is 12.4 Å². The standard InChI is InChI=1S/C23H26N4O/c1-4-22-24-13-17(14-25-22)20-12-19(18-9-8-15(2)11-21(18)26-20)23(28)27-10-6-5-7-16(27)3/h8-9,11-14,16H,4-7,10H2,1-3H3. The van der Waals surface area contributed by atoms with Gasteiger partial charge in [-0.3, -0.25) is 4.79 Å². The van der Waals surface area contributed by atoms with Gasteiger partial charge in [-0.2, -0.15) is 0 Å². The second-order valence-electron chi connectivity index (χ2n) is 7.66. The zero-order valence-electron chi connectivity index (χ0n) is 16.8. The third-order valence-corrected chi connectivity index (χ3v) is 5.58. The Morgan fingerprint density at radius 1 is 1.18 bits per heavy atom. The third kappa shape index (κ3) is 3.49. The first-order chi connectivity index (χ1) is 13.6. The van der Waals surface area contributed by atoms with Crippen molar-refractivity contribution in [2.24, 2.45) is 0 Å². The summed E-state index contributed by atoms with van der Waals surface area (Å²) in [6.45, 7) is 7.03. The lowest BCUT2D eigenvalue weighted by Gasteiger charge is -2.33. The molecule has 0 radical (unpaired) electrons. The number of aromatic nitrogens is 3. The highest BCUT2D eigenvalue weighted by Crippen LogP contribution is 2.28. The Balaban J connectivity index is 1.84. The number of amides is 1. The maximum atomic E-state index is 13.5. The molecular weight excluding hydrogens is 348 g/mol. The van der Waals surface area contributed by atoms with Crippen LogP contribution in [0.4, 0.5) is 0 Å². The molecule has 1 saturated heterocycles. The van der Waals surface area contributed by atoms with Crippen LogP contribution in [0.2, 0.25) is 0 Å². The summed E-state index contributed by atoms with van der Waals surface area (Å²) in [5, 5.41) is 0.906. The average molecular weight is 374 g/mol. The fourth-order valence-electron chi connectivity index (χ4n) is 3.89. The lowest BCUT2D eigenvalue weighted by atomic mass is 9.99. The van der Waals surface area contributed by atoms with E-state index >= 15 is 0 Å². The Bertz CT molecular complexity index is 1010. The third-order valence-electron chi connectivity index (χ3n) is 5.58. The second-order valence-corrected chi connectivity index (χ2v) is 7.66. The zero-order valence-corrected chi connectivity index (χ0v) is 16.8. The van der Waals surface area contributed by atoms with E-state index in [9.17, 15) is 4.79 Å². The number of likely N-dealkylation sites (tertiary alicyclic amines) is 1. The fraction of sp³-hybridized carbons (Fsp3) is 0.391. The van der Waals surface area contributed by atoms with Gasteiger partial charge in [0.2, 0.25) is 0 Å². The predicted octanol–water partition coefficient (Wildman–Crippen LogP) is 4.58. The van der Waals surface area contributed by atoms with Crippen molar-refractivity contribution in [2.75, 3.05) is 6.54 Å². The monoisotopic (exact) mass is 374 g/mol. The first-order valence-corrected chi connectivity index (χ1v) is 10.1. The van der Waals surface area contributed by atoms with Crippen LogP contribution >= 0.6 is 0 Å². The molecular formula is C23H26N4O. The molecule has 0 saturated carbocycles. The van der Waals surface area contributed by atoms with Gasteiger partial charge in [0.1, 0.15) is 5.82 Å². The second kappa shape index (κ2) is 7.66. The van der Waals surface area contributed by atoms with E-state index in [0.29, 0.717) is 5.56 Å². The van der Waals surface area contributed by atoms with E-state index in [1.165, 1.54) is 6.42 Å². The van der Waals surface area contributed by atoms with Crippen LogP contribution in [0.15, 0.2) is 36.7 Å². The highest BCUT2D eigenvalue weighted by Gasteiger charge is 2.26. The number of piperidine rings is 1. The normalized spacial score (nSPS) is 17.1. The van der Waals surface area contributed by atoms with Crippen LogP contribution in [0.25, 0.3) is 22.2 Å². The molecule has 1 unspecified atom stereocenters. The van der Waals surface area contributed by atoms with Gasteiger partial charge >= 0.3 is 0 Å². The van der Waals surface area contributed by atoms with Crippen molar-refractivity contribution in [3.05, 3.63) is 53.6 Å². The Labute approximate surface area is 165 Å². The van der Waals surface area contributed by atoms with Crippen molar-refractivity contribution in [3.8, 4) is 11.3 Å². The molecule has 2 aromatic heterocycles. The number of rotatable bonds is 3. The van der Waals surface area contributed by atoms with Crippen molar-refractivity contribution in [2.45, 2.75) is 52.5 Å². The van der Waals surface area contributed by atoms with Crippen LogP contribution in [-0.2, 0) is 6.42 Å². The smallest absolute Gasteiger partial charge is 0.254 e. The zero-order chi connectivity index (χ0) is 19.7. The maximum absolute atomic E-state index is 13.5. The molecule has 1 amide bonds. The predicted molar refractivity (Wildman–Crippen MR) is 111 cm³/mol. The summed E-state index contributed by atoms with van der Waals surface area (Å²) in [6.07, 6.45) is 7.71. The Kier molecular flexibility index (Phi) is 5.07. The van der Waals surface area contributed by atoms with Gasteiger partial charge in [-0.05, 0) is 50.8 Å². The maximum Gasteiger partial charge on any atom is 0.254 e. The highest BCUT2D eigenvalue weighted by molar-refractivity contribution is 6.07. The lowest BCUT2D eigenvalue weighted by molar-refractivity contribution is 0.0637. The van der Waals surface area contributed by atoms with Gasteiger partial charge in [0.15, 0.2) is 0 Å². The summed E-state index contributed by atoms with van der Waals surface area (Å²) < 4.78 is 0. The molecule has 1 aliphatic rings. The summed E-state index contributed by atoms with van der Waals surface area (Å²) in [5.41, 5.74) is 4.26. The summed E-state index contributed by atoms with van der Waals surface area (Å²) in [5.74, 6) is 0.898. The SMILES string of the molecule is CCc1ncc(-c2cc(C(=O)N3CCCCC3C)c3ccc(C)cc3n2)cn1. The largest absolute Gasteiger partial charge is 0.336 e. The lowest BCUT2D eigenvalue weighted by Crippen LogP contribution is -2.42. The first kappa shape index (κ1) is 18.5. The molecule has 1 atom stereocenters. The molecule has 0 bridgehead atoms. The topological polar surface area (TPSA) is 59.0 Å². The molecule has 1 fully saturated rings. The van der Waals surface area contributed by atoms with Crippen LogP contribution in [0.5, 0.6) is 0 Å². The number of fused-ring (bicyclic) bond motifs is 1. The Morgan fingerprint density at radius 3 is 2.68 bits per heavy atom. The molecule has 1 aromatic carbocycles. The summed E-state index contributed by atoms with van der Waals surface area (Å²) >= 11 is 0. The van der Waals surface area contributed by atoms with Gasteiger partial charge in [0.05, 0.1) is 16.8 Å². The van der Waals surface area contributed by atoms with Crippen molar-refractivity contribution < 1.29 is 4.79 Å². The minimum absolute atomic E-state index is 0.0933. The van der Waals surface area contributed by atoms with Crippen LogP contribution in [0.1, 0.15) is 54.9 Å². The van der Waals surface area contributed by atoms with Crippen molar-refractivity contribution >= 4 is 16.8 Å². The van der Waals surface area contributed by atoms with Gasteiger partial charge in [-0.1, -0.05) is 19.1 Å². The van der Waals surface area contributed by atoms with E-state index in [0.717, 1.165) is 59.4 Å². The number of carbonyl (C=O) groups excluding carboxylic acids is 1. The van der Waals surface area contributed by atoms with E-state index in [4.69, 9.17) is 4.98 Å². The Hall–Kier alpha value is -2.82. The summed E-state index contributed by atoms with van der Waals surface area (Å²) in [4.78, 5) is 29.1. The minimum Gasteiger partial charge on any atom is -0.336 e. The number of nitrogens with zero attached hydrogens (tertiary/aromatic N) is 4. The van der Waals surface area contributed by atoms with Crippen molar-refractivity contribution in [1.82, 2.24) is 19.9 Å². The molecule has 5 heteroatoms. The quantitative estimate of drug-likeness (QED) is 0.673. The van der Waals surface area contributed by atoms with Gasteiger partial charge in [-0.15, -0.1) is 0 Å². The molecule has 4 rings (SSSR count). The van der Waals surface area contributed by atoms with E-state index in [-0.39, 0.29) is 11.9 Å². The summed E-state index contributed by atoms with van der Waals surface area (Å²) in [6, 6.07) is 8.27. The van der Waals surface area contributed by atoms with Crippen LogP contribution in [0, 0.1) is 6.92 Å². The molecule has 144 valence electrons. The number of benzene rings is 1. The first-order valence-electron chi connectivity index (χ1n) is 10.1. The highest BCUT2D eigenvalue weighted by atomic mass is 16.2. The van der Waals surface area contributed by atoms with Gasteiger partial charge < -0.3 is 4.90 Å². The summed E-state index contributed by atoms with van der Waals surface area (Å²) in [7, 11) is 0. The molecule has 0 N–H and O–H groups in total. The van der Waals surface area contributed by atoms with E-state index in [2.05, 4.69) is 16.9 Å². The van der Waals surface area contributed by atoms with E-state index in [1.807, 2.05) is 43.0 Å². The number of pyridine rings is 1. The molecule has 28 heavy (non-hydrogen) atoms. The number of carbonyl (C=O) groups is 1. The van der Waals surface area contributed by atoms with Crippen molar-refractivity contribution in [3.63, 3.8) is 0 Å². The molecule has 0 aliphatic carbocycles. The van der Waals surface area contributed by atoms with Crippen molar-refractivity contribution in [1.29, 1.82) is 0 Å². The Morgan fingerprint density at radius 2 is 1.96 bits per heavy atom. The molecule has 3 heterocycles. The minimum atomic E-state index is 0.0933. The van der Waals surface area contributed by atoms with Gasteiger partial charge in [0.25, 0.3) is 5.91 Å². The molecule has 1 aliphatic heterocycles.